The molecule has 1 saturated heterocycles. The summed E-state index contributed by atoms with van der Waals surface area (Å²) in [4.78, 5) is 23.7. The van der Waals surface area contributed by atoms with Crippen molar-refractivity contribution >= 4 is 17.7 Å². The Kier molecular flexibility index (Phi) is 4.49. The number of aryl methyl sites for hydroxylation is 1. The van der Waals surface area contributed by atoms with Crippen LogP contribution in [0.4, 0.5) is 28.0 Å². The van der Waals surface area contributed by atoms with E-state index in [1.54, 1.807) is 0 Å². The summed E-state index contributed by atoms with van der Waals surface area (Å²) >= 11 is 0. The topological polar surface area (TPSA) is 69.6 Å². The van der Waals surface area contributed by atoms with Gasteiger partial charge in [0.1, 0.15) is 5.82 Å². The lowest BCUT2D eigenvalue weighted by Crippen LogP contribution is -2.35. The maximum absolute atomic E-state index is 13.4. The zero-order chi connectivity index (χ0) is 17.4. The van der Waals surface area contributed by atoms with Crippen molar-refractivity contribution in [2.24, 2.45) is 11.8 Å². The van der Waals surface area contributed by atoms with Gasteiger partial charge >= 0.3 is 18.2 Å². The first-order chi connectivity index (χ1) is 10.6. The van der Waals surface area contributed by atoms with Crippen LogP contribution in [0.5, 0.6) is 0 Å². The number of hydrogen-bond acceptors (Lipinski definition) is 2. The zero-order valence-corrected chi connectivity index (χ0v) is 12.0. The molecule has 1 aromatic carbocycles. The Hall–Kier alpha value is -2.32. The van der Waals surface area contributed by atoms with Crippen LogP contribution in [-0.2, 0) is 4.79 Å². The van der Waals surface area contributed by atoms with Gasteiger partial charge in [-0.15, -0.1) is 0 Å². The number of carboxylic acids is 1. The molecule has 1 fully saturated rings. The highest BCUT2D eigenvalue weighted by Crippen LogP contribution is 2.37. The second-order valence-electron chi connectivity index (χ2n) is 5.39. The lowest BCUT2D eigenvalue weighted by atomic mass is 9.96. The van der Waals surface area contributed by atoms with Crippen molar-refractivity contribution in [1.29, 1.82) is 0 Å². The van der Waals surface area contributed by atoms with Crippen LogP contribution in [0, 0.1) is 24.6 Å². The predicted octanol–water partition coefficient (Wildman–Crippen LogP) is 2.86. The standard InChI is InChI=1S/C14H14F4N2O3/c1-7-2-3-8(4-11(7)15)19-13(23)20-5-9(12(21)22)10(6-20)14(16,17)18/h2-4,9-10H,5-6H2,1H3,(H,19,23)(H,21,22)/t9-,10-/m1/s1. The molecule has 1 aliphatic heterocycles. The molecular formula is C14H14F4N2O3. The van der Waals surface area contributed by atoms with E-state index in [4.69, 9.17) is 5.11 Å². The van der Waals surface area contributed by atoms with Gasteiger partial charge in [-0.3, -0.25) is 4.79 Å². The fourth-order valence-corrected chi connectivity index (χ4v) is 2.42. The number of anilines is 1. The third-order valence-corrected chi connectivity index (χ3v) is 3.77. The zero-order valence-electron chi connectivity index (χ0n) is 12.0. The Labute approximate surface area is 128 Å². The molecule has 5 nitrogen and oxygen atoms in total. The van der Waals surface area contributed by atoms with E-state index in [2.05, 4.69) is 5.32 Å². The van der Waals surface area contributed by atoms with Crippen LogP contribution in [-0.4, -0.2) is 41.3 Å². The van der Waals surface area contributed by atoms with Gasteiger partial charge < -0.3 is 15.3 Å². The minimum absolute atomic E-state index is 0.0837. The van der Waals surface area contributed by atoms with Crippen molar-refractivity contribution in [3.63, 3.8) is 0 Å². The van der Waals surface area contributed by atoms with Gasteiger partial charge in [-0.05, 0) is 24.6 Å². The van der Waals surface area contributed by atoms with Gasteiger partial charge in [-0.2, -0.15) is 13.2 Å². The summed E-state index contributed by atoms with van der Waals surface area (Å²) in [6, 6.07) is 2.96. The number of nitrogens with zero attached hydrogens (tertiary/aromatic N) is 1. The molecule has 0 aromatic heterocycles. The maximum atomic E-state index is 13.4. The van der Waals surface area contributed by atoms with Gasteiger partial charge in [0.05, 0.1) is 11.8 Å². The summed E-state index contributed by atoms with van der Waals surface area (Å²) in [5.74, 6) is -6.01. The van der Waals surface area contributed by atoms with Crippen LogP contribution >= 0.6 is 0 Å². The molecule has 23 heavy (non-hydrogen) atoms. The number of carbonyl (C=O) groups excluding carboxylic acids is 1. The number of amides is 2. The molecular weight excluding hydrogens is 320 g/mol. The third-order valence-electron chi connectivity index (χ3n) is 3.77. The lowest BCUT2D eigenvalue weighted by molar-refractivity contribution is -0.187. The van der Waals surface area contributed by atoms with Crippen molar-refractivity contribution in [3.05, 3.63) is 29.6 Å². The van der Waals surface area contributed by atoms with Crippen LogP contribution in [0.3, 0.4) is 0 Å². The van der Waals surface area contributed by atoms with Crippen LogP contribution in [0.2, 0.25) is 0 Å². The van der Waals surface area contributed by atoms with Gasteiger partial charge in [-0.1, -0.05) is 6.07 Å². The summed E-state index contributed by atoms with van der Waals surface area (Å²) in [6.07, 6.45) is -4.71. The molecule has 2 rings (SSSR count). The molecule has 2 atom stereocenters. The number of likely N-dealkylation sites (tertiary alicyclic amines) is 1. The number of carboxylic acid groups (broad SMARTS) is 1. The lowest BCUT2D eigenvalue weighted by Gasteiger charge is -2.18. The highest BCUT2D eigenvalue weighted by molar-refractivity contribution is 5.90. The predicted molar refractivity (Wildman–Crippen MR) is 72.4 cm³/mol. The molecule has 1 aliphatic rings. The average Bonchev–Trinajstić information content (AvgIpc) is 2.88. The van der Waals surface area contributed by atoms with Crippen molar-refractivity contribution in [2.75, 3.05) is 18.4 Å². The Morgan fingerprint density at radius 1 is 1.30 bits per heavy atom. The van der Waals surface area contributed by atoms with Crippen molar-refractivity contribution in [1.82, 2.24) is 4.90 Å². The smallest absolute Gasteiger partial charge is 0.394 e. The van der Waals surface area contributed by atoms with E-state index in [9.17, 15) is 27.2 Å². The molecule has 0 radical (unpaired) electrons. The Morgan fingerprint density at radius 3 is 2.43 bits per heavy atom. The minimum Gasteiger partial charge on any atom is -0.481 e. The molecule has 0 bridgehead atoms. The number of rotatable bonds is 2. The summed E-state index contributed by atoms with van der Waals surface area (Å²) in [5, 5.41) is 11.2. The van der Waals surface area contributed by atoms with Crippen LogP contribution in [0.1, 0.15) is 5.56 Å². The van der Waals surface area contributed by atoms with Gasteiger partial charge in [0.15, 0.2) is 0 Å². The first-order valence-electron chi connectivity index (χ1n) is 6.71. The minimum atomic E-state index is -4.71. The van der Waals surface area contributed by atoms with E-state index in [-0.39, 0.29) is 5.69 Å². The number of urea groups is 1. The SMILES string of the molecule is Cc1ccc(NC(=O)N2C[C@@H](C(F)(F)F)[C@H](C(=O)O)C2)cc1F. The maximum Gasteiger partial charge on any atom is 0.394 e. The quantitative estimate of drug-likeness (QED) is 0.817. The highest BCUT2D eigenvalue weighted by atomic mass is 19.4. The first kappa shape index (κ1) is 17.0. The van der Waals surface area contributed by atoms with Gasteiger partial charge in [0, 0.05) is 18.8 Å². The molecule has 1 heterocycles. The fraction of sp³-hybridized carbons (Fsp3) is 0.429. The monoisotopic (exact) mass is 334 g/mol. The Bertz CT molecular complexity index is 633. The molecule has 9 heteroatoms. The van der Waals surface area contributed by atoms with E-state index in [1.807, 2.05) is 0 Å². The normalized spacial score (nSPS) is 21.3. The fourth-order valence-electron chi connectivity index (χ4n) is 2.42. The number of carbonyl (C=O) groups is 2. The highest BCUT2D eigenvalue weighted by Gasteiger charge is 2.53. The summed E-state index contributed by atoms with van der Waals surface area (Å²) in [7, 11) is 0. The van der Waals surface area contributed by atoms with Gasteiger partial charge in [0.25, 0.3) is 0 Å². The molecule has 0 aliphatic carbocycles. The van der Waals surface area contributed by atoms with E-state index in [0.29, 0.717) is 5.56 Å². The van der Waals surface area contributed by atoms with Crippen molar-refractivity contribution in [2.45, 2.75) is 13.1 Å². The van der Waals surface area contributed by atoms with Crippen molar-refractivity contribution < 1.29 is 32.3 Å². The summed E-state index contributed by atoms with van der Waals surface area (Å²) in [5.41, 5.74) is 0.438. The van der Waals surface area contributed by atoms with Crippen LogP contribution in [0.25, 0.3) is 0 Å². The summed E-state index contributed by atoms with van der Waals surface area (Å²) in [6.45, 7) is 0.215. The van der Waals surface area contributed by atoms with Crippen LogP contribution < -0.4 is 5.32 Å². The van der Waals surface area contributed by atoms with Gasteiger partial charge in [-0.25, -0.2) is 9.18 Å². The summed E-state index contributed by atoms with van der Waals surface area (Å²) < 4.78 is 52.0. The second-order valence-corrected chi connectivity index (χ2v) is 5.39. The molecule has 1 aromatic rings. The van der Waals surface area contributed by atoms with E-state index < -0.39 is 48.9 Å². The Morgan fingerprint density at radius 2 is 1.96 bits per heavy atom. The third kappa shape index (κ3) is 3.72. The number of aliphatic carboxylic acids is 1. The molecule has 2 amide bonds. The van der Waals surface area contributed by atoms with E-state index in [0.717, 1.165) is 11.0 Å². The molecule has 126 valence electrons. The van der Waals surface area contributed by atoms with E-state index >= 15 is 0 Å². The number of nitrogens with one attached hydrogen (secondary N) is 1. The Balaban J connectivity index is 2.11. The number of hydrogen-bond donors (Lipinski definition) is 2. The average molecular weight is 334 g/mol. The number of alkyl halides is 3. The second kappa shape index (κ2) is 6.05. The number of halogens is 4. The first-order valence-corrected chi connectivity index (χ1v) is 6.71. The number of benzene rings is 1. The van der Waals surface area contributed by atoms with E-state index in [1.165, 1.54) is 19.1 Å². The molecule has 2 N–H and O–H groups in total. The van der Waals surface area contributed by atoms with Gasteiger partial charge in [0.2, 0.25) is 0 Å². The van der Waals surface area contributed by atoms with Crippen molar-refractivity contribution in [3.8, 4) is 0 Å². The molecule has 0 spiro atoms. The molecule has 0 saturated carbocycles. The molecule has 0 unspecified atom stereocenters. The van der Waals surface area contributed by atoms with Crippen LogP contribution in [0.15, 0.2) is 18.2 Å². The largest absolute Gasteiger partial charge is 0.481 e.